The molecule has 30 heavy (non-hydrogen) atoms. The summed E-state index contributed by atoms with van der Waals surface area (Å²) in [6.07, 6.45) is 3.51. The highest BCUT2D eigenvalue weighted by Gasteiger charge is 2.14. The van der Waals surface area contributed by atoms with Gasteiger partial charge in [-0.3, -0.25) is 4.79 Å². The van der Waals surface area contributed by atoms with E-state index in [1.807, 2.05) is 48.5 Å². The minimum Gasteiger partial charge on any atom is -0.464 e. The summed E-state index contributed by atoms with van der Waals surface area (Å²) < 4.78 is 5.42. The van der Waals surface area contributed by atoms with Gasteiger partial charge in [0.1, 0.15) is 5.58 Å². The second-order valence-electron chi connectivity index (χ2n) is 7.44. The lowest BCUT2D eigenvalue weighted by Gasteiger charge is -2.20. The zero-order valence-electron chi connectivity index (χ0n) is 16.9. The molecular formula is C26H26N2O2. The largest absolute Gasteiger partial charge is 0.464 e. The van der Waals surface area contributed by atoms with Crippen LogP contribution in [0.2, 0.25) is 0 Å². The molecule has 1 aromatic heterocycles. The zero-order valence-corrected chi connectivity index (χ0v) is 16.9. The van der Waals surface area contributed by atoms with Crippen molar-refractivity contribution in [1.29, 1.82) is 0 Å². The zero-order chi connectivity index (χ0) is 20.6. The van der Waals surface area contributed by atoms with Gasteiger partial charge >= 0.3 is 0 Å². The van der Waals surface area contributed by atoms with Crippen molar-refractivity contribution >= 4 is 16.9 Å². The molecule has 0 bridgehead atoms. The van der Waals surface area contributed by atoms with Crippen molar-refractivity contribution in [3.63, 3.8) is 0 Å². The molecule has 4 heteroatoms. The smallest absolute Gasteiger partial charge is 0.252 e. The monoisotopic (exact) mass is 398 g/mol. The van der Waals surface area contributed by atoms with Crippen molar-refractivity contribution in [3.8, 4) is 0 Å². The lowest BCUT2D eigenvalue weighted by molar-refractivity contribution is 0.0950. The van der Waals surface area contributed by atoms with Crippen LogP contribution >= 0.6 is 0 Å². The van der Waals surface area contributed by atoms with Gasteiger partial charge < -0.3 is 15.1 Å². The van der Waals surface area contributed by atoms with Gasteiger partial charge in [0.15, 0.2) is 0 Å². The predicted octanol–water partition coefficient (Wildman–Crippen LogP) is 4.95. The normalized spacial score (nSPS) is 12.0. The number of hydrogen-bond acceptors (Lipinski definition) is 3. The second-order valence-corrected chi connectivity index (χ2v) is 7.44. The Balaban J connectivity index is 1.40. The van der Waals surface area contributed by atoms with Gasteiger partial charge in [0.25, 0.3) is 5.91 Å². The van der Waals surface area contributed by atoms with Gasteiger partial charge in [-0.25, -0.2) is 0 Å². The van der Waals surface area contributed by atoms with E-state index >= 15 is 0 Å². The third-order valence-corrected chi connectivity index (χ3v) is 5.31. The van der Waals surface area contributed by atoms with Gasteiger partial charge in [0, 0.05) is 24.5 Å². The highest BCUT2D eigenvalue weighted by atomic mass is 16.3. The van der Waals surface area contributed by atoms with Crippen LogP contribution in [0, 0.1) is 0 Å². The molecule has 1 atom stereocenters. The van der Waals surface area contributed by atoms with Crippen LogP contribution in [-0.2, 0) is 13.0 Å². The molecule has 1 unspecified atom stereocenters. The highest BCUT2D eigenvalue weighted by Crippen LogP contribution is 2.19. The van der Waals surface area contributed by atoms with Gasteiger partial charge in [-0.1, -0.05) is 66.7 Å². The molecule has 3 aromatic carbocycles. The molecule has 4 rings (SSSR count). The van der Waals surface area contributed by atoms with Crippen LogP contribution in [0.3, 0.4) is 0 Å². The number of aryl methyl sites for hydroxylation is 1. The molecular weight excluding hydrogens is 372 g/mol. The van der Waals surface area contributed by atoms with E-state index in [0.29, 0.717) is 12.1 Å². The molecule has 4 aromatic rings. The molecule has 1 heterocycles. The fourth-order valence-corrected chi connectivity index (χ4v) is 3.62. The fourth-order valence-electron chi connectivity index (χ4n) is 3.62. The number of hydrogen-bond donors (Lipinski definition) is 2. The topological polar surface area (TPSA) is 54.3 Å². The Hall–Kier alpha value is -3.37. The van der Waals surface area contributed by atoms with Crippen LogP contribution in [0.5, 0.6) is 0 Å². The van der Waals surface area contributed by atoms with Crippen molar-refractivity contribution in [1.82, 2.24) is 10.6 Å². The number of benzene rings is 3. The molecule has 2 N–H and O–H groups in total. The van der Waals surface area contributed by atoms with Crippen molar-refractivity contribution in [2.24, 2.45) is 0 Å². The van der Waals surface area contributed by atoms with Gasteiger partial charge in [-0.15, -0.1) is 0 Å². The molecule has 0 saturated carbocycles. The Morgan fingerprint density at radius 2 is 1.57 bits per heavy atom. The number of carbonyl (C=O) groups excluding carboxylic acids is 1. The third-order valence-electron chi connectivity index (χ3n) is 5.31. The lowest BCUT2D eigenvalue weighted by atomic mass is 10.0. The van der Waals surface area contributed by atoms with Gasteiger partial charge in [0.05, 0.1) is 11.8 Å². The summed E-state index contributed by atoms with van der Waals surface area (Å²) >= 11 is 0. The van der Waals surface area contributed by atoms with E-state index in [-0.39, 0.29) is 11.9 Å². The summed E-state index contributed by atoms with van der Waals surface area (Å²) in [5.41, 5.74) is 3.91. The maximum atomic E-state index is 12.8. The number of furan rings is 1. The Bertz CT molecular complexity index is 1030. The quantitative estimate of drug-likeness (QED) is 0.419. The minimum atomic E-state index is -0.0757. The summed E-state index contributed by atoms with van der Waals surface area (Å²) in [6.45, 7) is 1.33. The summed E-state index contributed by atoms with van der Waals surface area (Å²) in [4.78, 5) is 12.8. The summed E-state index contributed by atoms with van der Waals surface area (Å²) in [5.74, 6) is -0.0757. The van der Waals surface area contributed by atoms with E-state index in [2.05, 4.69) is 47.0 Å². The first-order valence-electron chi connectivity index (χ1n) is 10.4. The van der Waals surface area contributed by atoms with Crippen LogP contribution in [0.15, 0.2) is 95.6 Å². The van der Waals surface area contributed by atoms with Gasteiger partial charge in [-0.2, -0.15) is 0 Å². The van der Waals surface area contributed by atoms with Crippen molar-refractivity contribution in [2.45, 2.75) is 25.4 Å². The van der Waals surface area contributed by atoms with Crippen LogP contribution in [0.1, 0.15) is 27.9 Å². The molecule has 0 radical (unpaired) electrons. The number of carbonyl (C=O) groups is 1. The number of rotatable bonds is 9. The van der Waals surface area contributed by atoms with E-state index in [1.165, 1.54) is 11.1 Å². The number of amides is 1. The first kappa shape index (κ1) is 19.9. The molecule has 1 amide bonds. The van der Waals surface area contributed by atoms with E-state index in [0.717, 1.165) is 30.4 Å². The van der Waals surface area contributed by atoms with Crippen LogP contribution < -0.4 is 10.6 Å². The Morgan fingerprint density at radius 3 is 2.33 bits per heavy atom. The summed E-state index contributed by atoms with van der Waals surface area (Å²) in [6, 6.07) is 28.3. The first-order chi connectivity index (χ1) is 14.8. The van der Waals surface area contributed by atoms with E-state index in [1.54, 1.807) is 6.26 Å². The van der Waals surface area contributed by atoms with Crippen LogP contribution in [-0.4, -0.2) is 18.5 Å². The predicted molar refractivity (Wildman–Crippen MR) is 120 cm³/mol. The number of nitrogens with one attached hydrogen (secondary N) is 2. The van der Waals surface area contributed by atoms with Crippen LogP contribution in [0.4, 0.5) is 0 Å². The maximum Gasteiger partial charge on any atom is 0.252 e. The maximum absolute atomic E-state index is 12.8. The second kappa shape index (κ2) is 9.90. The number of fused-ring (bicyclic) bond motifs is 1. The molecule has 4 nitrogen and oxygen atoms in total. The molecule has 0 spiro atoms. The SMILES string of the molecule is O=C(NCC(CCc1ccccc1)NCc1ccccc1)c1cccc2occc12. The average Bonchev–Trinajstić information content (AvgIpc) is 3.29. The van der Waals surface area contributed by atoms with Gasteiger partial charge in [-0.05, 0) is 42.2 Å². The standard InChI is InChI=1S/C26H26N2O2/c29-26(24-12-7-13-25-23(24)16-17-30-25)28-19-22(15-14-20-8-3-1-4-9-20)27-18-21-10-5-2-6-11-21/h1-13,16-17,22,27H,14-15,18-19H2,(H,28,29). The molecule has 0 aliphatic carbocycles. The Morgan fingerprint density at radius 1 is 0.833 bits per heavy atom. The molecule has 0 fully saturated rings. The highest BCUT2D eigenvalue weighted by molar-refractivity contribution is 6.05. The molecule has 0 saturated heterocycles. The van der Waals surface area contributed by atoms with E-state index < -0.39 is 0 Å². The Labute approximate surface area is 176 Å². The average molecular weight is 399 g/mol. The van der Waals surface area contributed by atoms with Crippen molar-refractivity contribution < 1.29 is 9.21 Å². The van der Waals surface area contributed by atoms with Gasteiger partial charge in [0.2, 0.25) is 0 Å². The summed E-state index contributed by atoms with van der Waals surface area (Å²) in [7, 11) is 0. The van der Waals surface area contributed by atoms with E-state index in [9.17, 15) is 4.79 Å². The fraction of sp³-hybridized carbons (Fsp3) is 0.192. The van der Waals surface area contributed by atoms with Crippen molar-refractivity contribution in [3.05, 3.63) is 108 Å². The minimum absolute atomic E-state index is 0.0757. The third kappa shape index (κ3) is 5.16. The Kier molecular flexibility index (Phi) is 6.58. The molecule has 0 aliphatic rings. The molecule has 152 valence electrons. The first-order valence-corrected chi connectivity index (χ1v) is 10.4. The lowest BCUT2D eigenvalue weighted by Crippen LogP contribution is -2.41. The van der Waals surface area contributed by atoms with Crippen molar-refractivity contribution in [2.75, 3.05) is 6.54 Å². The molecule has 0 aliphatic heterocycles. The van der Waals surface area contributed by atoms with Crippen LogP contribution in [0.25, 0.3) is 11.0 Å². The van der Waals surface area contributed by atoms with E-state index in [4.69, 9.17) is 4.42 Å². The summed E-state index contributed by atoms with van der Waals surface area (Å²) in [5, 5.41) is 7.56.